The fourth-order valence-electron chi connectivity index (χ4n) is 3.38. The maximum Gasteiger partial charge on any atom is 0.0245 e. The first-order chi connectivity index (χ1) is 8.31. The average molecular weight is 314 g/mol. The van der Waals surface area contributed by atoms with Crippen molar-refractivity contribution in [1.82, 2.24) is 4.90 Å². The number of nitrogens with zero attached hydrogens (tertiary/aromatic N) is 1. The summed E-state index contributed by atoms with van der Waals surface area (Å²) in [6.07, 6.45) is 6.98. The quantitative estimate of drug-likeness (QED) is 0.761. The Kier molecular flexibility index (Phi) is 3.60. The molecule has 0 unspecified atom stereocenters. The molecule has 94 valence electrons. The first-order valence-electron chi connectivity index (χ1n) is 6.65. The zero-order chi connectivity index (χ0) is 11.7. The van der Waals surface area contributed by atoms with Gasteiger partial charge in [-0.2, -0.15) is 0 Å². The van der Waals surface area contributed by atoms with Crippen LogP contribution in [-0.4, -0.2) is 23.3 Å². The SMILES string of the molecule is BrCC1(CN2CCc3sccc3C2)CCCC1. The number of hydrogen-bond acceptors (Lipinski definition) is 2. The average Bonchev–Trinajstić information content (AvgIpc) is 2.97. The van der Waals surface area contributed by atoms with Crippen molar-refractivity contribution in [3.05, 3.63) is 21.9 Å². The van der Waals surface area contributed by atoms with Crippen molar-refractivity contribution in [2.45, 2.75) is 38.6 Å². The summed E-state index contributed by atoms with van der Waals surface area (Å²) in [6.45, 7) is 3.75. The van der Waals surface area contributed by atoms with Gasteiger partial charge in [-0.25, -0.2) is 0 Å². The second-order valence-electron chi connectivity index (χ2n) is 5.67. The van der Waals surface area contributed by atoms with Crippen LogP contribution in [-0.2, 0) is 13.0 Å². The van der Waals surface area contributed by atoms with Crippen molar-refractivity contribution in [3.8, 4) is 0 Å². The Labute approximate surface area is 116 Å². The van der Waals surface area contributed by atoms with E-state index < -0.39 is 0 Å². The summed E-state index contributed by atoms with van der Waals surface area (Å²) in [4.78, 5) is 4.31. The van der Waals surface area contributed by atoms with Gasteiger partial charge >= 0.3 is 0 Å². The van der Waals surface area contributed by atoms with Crippen LogP contribution in [0.2, 0.25) is 0 Å². The summed E-state index contributed by atoms with van der Waals surface area (Å²) in [7, 11) is 0. The molecule has 1 aliphatic carbocycles. The Morgan fingerprint density at radius 1 is 1.35 bits per heavy atom. The highest BCUT2D eigenvalue weighted by molar-refractivity contribution is 9.09. The van der Waals surface area contributed by atoms with Crippen LogP contribution in [0.25, 0.3) is 0 Å². The Morgan fingerprint density at radius 2 is 2.18 bits per heavy atom. The van der Waals surface area contributed by atoms with E-state index >= 15 is 0 Å². The van der Waals surface area contributed by atoms with Crippen LogP contribution in [0.3, 0.4) is 0 Å². The van der Waals surface area contributed by atoms with E-state index in [4.69, 9.17) is 0 Å². The molecular formula is C14H20BrNS. The van der Waals surface area contributed by atoms with E-state index in [9.17, 15) is 0 Å². The highest BCUT2D eigenvalue weighted by Crippen LogP contribution is 2.41. The third kappa shape index (κ3) is 2.47. The van der Waals surface area contributed by atoms with E-state index in [0.717, 1.165) is 0 Å². The molecule has 0 radical (unpaired) electrons. The molecule has 0 N–H and O–H groups in total. The molecule has 0 atom stereocenters. The number of fused-ring (bicyclic) bond motifs is 1. The Balaban J connectivity index is 1.67. The minimum absolute atomic E-state index is 0.577. The van der Waals surface area contributed by atoms with Crippen LogP contribution in [0.5, 0.6) is 0 Å². The fraction of sp³-hybridized carbons (Fsp3) is 0.714. The minimum atomic E-state index is 0.577. The van der Waals surface area contributed by atoms with Gasteiger partial charge in [-0.3, -0.25) is 4.90 Å². The van der Waals surface area contributed by atoms with E-state index in [1.807, 2.05) is 11.3 Å². The van der Waals surface area contributed by atoms with Crippen LogP contribution in [0, 0.1) is 5.41 Å². The lowest BCUT2D eigenvalue weighted by Crippen LogP contribution is -2.39. The number of alkyl halides is 1. The second kappa shape index (κ2) is 5.02. The van der Waals surface area contributed by atoms with Crippen LogP contribution >= 0.6 is 27.3 Å². The van der Waals surface area contributed by atoms with Crippen LogP contribution in [0.4, 0.5) is 0 Å². The van der Waals surface area contributed by atoms with Crippen molar-refractivity contribution in [3.63, 3.8) is 0 Å². The maximum absolute atomic E-state index is 3.76. The molecule has 0 saturated heterocycles. The summed E-state index contributed by atoms with van der Waals surface area (Å²) in [5.41, 5.74) is 2.16. The third-order valence-corrected chi connectivity index (χ3v) is 6.61. The van der Waals surface area contributed by atoms with E-state index in [-0.39, 0.29) is 0 Å². The Morgan fingerprint density at radius 3 is 2.94 bits per heavy atom. The summed E-state index contributed by atoms with van der Waals surface area (Å²) in [5, 5.41) is 3.44. The third-order valence-electron chi connectivity index (χ3n) is 4.39. The van der Waals surface area contributed by atoms with E-state index in [2.05, 4.69) is 32.3 Å². The van der Waals surface area contributed by atoms with E-state index in [1.165, 1.54) is 57.1 Å². The molecule has 0 bridgehead atoms. The Bertz CT molecular complexity index is 381. The van der Waals surface area contributed by atoms with Crippen molar-refractivity contribution in [2.24, 2.45) is 5.41 Å². The molecule has 3 heteroatoms. The van der Waals surface area contributed by atoms with Gasteiger partial charge in [-0.15, -0.1) is 11.3 Å². The standard InChI is InChI=1S/C14H20BrNS/c15-10-14(5-1-2-6-14)11-16-7-3-13-12(9-16)4-8-17-13/h4,8H,1-3,5-7,9-11H2. The summed E-state index contributed by atoms with van der Waals surface area (Å²) < 4.78 is 0. The molecule has 1 aromatic rings. The summed E-state index contributed by atoms with van der Waals surface area (Å²) >= 11 is 5.70. The largest absolute Gasteiger partial charge is 0.298 e. The minimum Gasteiger partial charge on any atom is -0.298 e. The van der Waals surface area contributed by atoms with Gasteiger partial charge in [0.25, 0.3) is 0 Å². The predicted molar refractivity (Wildman–Crippen MR) is 78.0 cm³/mol. The second-order valence-corrected chi connectivity index (χ2v) is 7.23. The van der Waals surface area contributed by atoms with Gasteiger partial charge in [0.05, 0.1) is 0 Å². The number of hydrogen-bond donors (Lipinski definition) is 0. The molecule has 2 heterocycles. The number of thiophene rings is 1. The molecule has 0 spiro atoms. The van der Waals surface area contributed by atoms with E-state index in [1.54, 1.807) is 10.4 Å². The van der Waals surface area contributed by atoms with Gasteiger partial charge in [0, 0.05) is 29.8 Å². The normalized spacial score (nSPS) is 23.8. The Hall–Kier alpha value is 0.140. The topological polar surface area (TPSA) is 3.24 Å². The maximum atomic E-state index is 3.76. The first kappa shape index (κ1) is 12.2. The van der Waals surface area contributed by atoms with Gasteiger partial charge in [-0.05, 0) is 41.7 Å². The van der Waals surface area contributed by atoms with Crippen LogP contribution in [0.1, 0.15) is 36.1 Å². The monoisotopic (exact) mass is 313 g/mol. The fourth-order valence-corrected chi connectivity index (χ4v) is 5.00. The molecular weight excluding hydrogens is 294 g/mol. The summed E-state index contributed by atoms with van der Waals surface area (Å²) in [5.74, 6) is 0. The molecule has 1 saturated carbocycles. The van der Waals surface area contributed by atoms with Gasteiger partial charge < -0.3 is 0 Å². The lowest BCUT2D eigenvalue weighted by molar-refractivity contribution is 0.160. The van der Waals surface area contributed by atoms with Crippen molar-refractivity contribution >= 4 is 27.3 Å². The molecule has 17 heavy (non-hydrogen) atoms. The first-order valence-corrected chi connectivity index (χ1v) is 8.65. The zero-order valence-corrected chi connectivity index (χ0v) is 12.7. The number of rotatable bonds is 3. The van der Waals surface area contributed by atoms with Crippen LogP contribution < -0.4 is 0 Å². The van der Waals surface area contributed by atoms with Gasteiger partial charge in [0.1, 0.15) is 0 Å². The van der Waals surface area contributed by atoms with Crippen molar-refractivity contribution < 1.29 is 0 Å². The lowest BCUT2D eigenvalue weighted by atomic mass is 9.87. The molecule has 3 rings (SSSR count). The molecule has 1 aromatic heterocycles. The number of halogens is 1. The molecule has 0 amide bonds. The molecule has 2 aliphatic rings. The van der Waals surface area contributed by atoms with Gasteiger partial charge in [0.15, 0.2) is 0 Å². The lowest BCUT2D eigenvalue weighted by Gasteiger charge is -2.36. The highest BCUT2D eigenvalue weighted by Gasteiger charge is 2.35. The predicted octanol–water partition coefficient (Wildman–Crippen LogP) is 4.06. The molecule has 1 fully saturated rings. The summed E-state index contributed by atoms with van der Waals surface area (Å²) in [6, 6.07) is 2.32. The van der Waals surface area contributed by atoms with Gasteiger partial charge in [0.2, 0.25) is 0 Å². The zero-order valence-electron chi connectivity index (χ0n) is 10.3. The molecule has 0 aromatic carbocycles. The van der Waals surface area contributed by atoms with E-state index in [0.29, 0.717) is 5.41 Å². The van der Waals surface area contributed by atoms with Crippen molar-refractivity contribution in [1.29, 1.82) is 0 Å². The van der Waals surface area contributed by atoms with Crippen LogP contribution in [0.15, 0.2) is 11.4 Å². The molecule has 1 nitrogen and oxygen atoms in total. The smallest absolute Gasteiger partial charge is 0.0245 e. The molecule has 1 aliphatic heterocycles. The van der Waals surface area contributed by atoms with Crippen molar-refractivity contribution in [2.75, 3.05) is 18.4 Å². The highest BCUT2D eigenvalue weighted by atomic mass is 79.9. The van der Waals surface area contributed by atoms with Gasteiger partial charge in [-0.1, -0.05) is 28.8 Å².